The van der Waals surface area contributed by atoms with Crippen LogP contribution in [0, 0.1) is 17.6 Å². The lowest BCUT2D eigenvalue weighted by Crippen LogP contribution is -2.30. The molecular formula is C16H22BrF2N. The van der Waals surface area contributed by atoms with Crippen LogP contribution in [0.5, 0.6) is 0 Å². The summed E-state index contributed by atoms with van der Waals surface area (Å²) in [5.41, 5.74) is 0.238. The van der Waals surface area contributed by atoms with Crippen molar-refractivity contribution in [2.75, 3.05) is 6.54 Å². The molecule has 1 aromatic rings. The molecule has 1 aliphatic carbocycles. The molecule has 0 saturated heterocycles. The second-order valence-corrected chi connectivity index (χ2v) is 6.52. The Hall–Kier alpha value is -0.480. The topological polar surface area (TPSA) is 12.0 Å². The molecule has 0 bridgehead atoms. The number of nitrogens with one attached hydrogen (secondary N) is 1. The molecule has 0 aromatic heterocycles. The highest BCUT2D eigenvalue weighted by molar-refractivity contribution is 9.10. The van der Waals surface area contributed by atoms with Gasteiger partial charge in [-0.15, -0.1) is 0 Å². The molecule has 20 heavy (non-hydrogen) atoms. The molecule has 2 rings (SSSR count). The summed E-state index contributed by atoms with van der Waals surface area (Å²) in [5, 5.41) is 3.48. The summed E-state index contributed by atoms with van der Waals surface area (Å²) in [5.74, 6) is -0.496. The van der Waals surface area contributed by atoms with Crippen LogP contribution in [-0.2, 0) is 6.42 Å². The Balaban J connectivity index is 2.10. The van der Waals surface area contributed by atoms with Crippen molar-refractivity contribution < 1.29 is 8.78 Å². The molecule has 112 valence electrons. The molecule has 2 atom stereocenters. The van der Waals surface area contributed by atoms with Crippen LogP contribution < -0.4 is 5.32 Å². The van der Waals surface area contributed by atoms with Crippen LogP contribution in [0.15, 0.2) is 16.6 Å². The summed E-state index contributed by atoms with van der Waals surface area (Å²) in [6.07, 6.45) is 6.11. The second-order valence-electron chi connectivity index (χ2n) is 5.67. The Kier molecular flexibility index (Phi) is 5.97. The van der Waals surface area contributed by atoms with Crippen molar-refractivity contribution in [2.45, 2.75) is 51.5 Å². The minimum absolute atomic E-state index is 0.238. The molecule has 0 spiro atoms. The minimum atomic E-state index is -0.436. The Bertz CT molecular complexity index is 450. The van der Waals surface area contributed by atoms with Gasteiger partial charge in [0.25, 0.3) is 0 Å². The van der Waals surface area contributed by atoms with Crippen molar-refractivity contribution in [3.05, 3.63) is 33.8 Å². The monoisotopic (exact) mass is 345 g/mol. The fourth-order valence-corrected chi connectivity index (χ4v) is 3.54. The largest absolute Gasteiger partial charge is 0.314 e. The van der Waals surface area contributed by atoms with Crippen molar-refractivity contribution in [3.8, 4) is 0 Å². The van der Waals surface area contributed by atoms with Crippen LogP contribution in [0.2, 0.25) is 0 Å². The van der Waals surface area contributed by atoms with E-state index in [0.717, 1.165) is 25.8 Å². The summed E-state index contributed by atoms with van der Waals surface area (Å²) in [6, 6.07) is 3.27. The summed E-state index contributed by atoms with van der Waals surface area (Å²) in [4.78, 5) is 0. The molecule has 1 aliphatic rings. The smallest absolute Gasteiger partial charge is 0.143 e. The molecule has 1 N–H and O–H groups in total. The van der Waals surface area contributed by atoms with Gasteiger partial charge in [0.2, 0.25) is 0 Å². The summed E-state index contributed by atoms with van der Waals surface area (Å²) < 4.78 is 28.3. The maximum atomic E-state index is 14.1. The Morgan fingerprint density at radius 1 is 1.25 bits per heavy atom. The van der Waals surface area contributed by atoms with E-state index in [0.29, 0.717) is 22.9 Å². The first kappa shape index (κ1) is 15.9. The molecular weight excluding hydrogens is 324 g/mol. The van der Waals surface area contributed by atoms with Crippen LogP contribution in [0.1, 0.15) is 44.6 Å². The quantitative estimate of drug-likeness (QED) is 0.608. The zero-order chi connectivity index (χ0) is 14.5. The molecule has 2 unspecified atom stereocenters. The molecule has 1 saturated carbocycles. The van der Waals surface area contributed by atoms with E-state index >= 15 is 0 Å². The molecule has 1 aromatic carbocycles. The number of rotatable bonds is 4. The predicted octanol–water partition coefficient (Wildman–Crippen LogP) is 4.83. The lowest BCUT2D eigenvalue weighted by molar-refractivity contribution is 0.379. The van der Waals surface area contributed by atoms with E-state index in [9.17, 15) is 8.78 Å². The first-order valence-corrected chi connectivity index (χ1v) is 8.26. The van der Waals surface area contributed by atoms with Gasteiger partial charge in [-0.25, -0.2) is 8.78 Å². The second kappa shape index (κ2) is 7.51. The highest BCUT2D eigenvalue weighted by atomic mass is 79.9. The van der Waals surface area contributed by atoms with E-state index in [4.69, 9.17) is 0 Å². The highest BCUT2D eigenvalue weighted by Gasteiger charge is 2.23. The maximum absolute atomic E-state index is 14.1. The summed E-state index contributed by atoms with van der Waals surface area (Å²) >= 11 is 3.14. The van der Waals surface area contributed by atoms with Crippen molar-refractivity contribution in [3.63, 3.8) is 0 Å². The van der Waals surface area contributed by atoms with Gasteiger partial charge in [0, 0.05) is 11.6 Å². The standard InChI is InChI=1S/C16H22BrF2N/c1-2-20-12-6-4-3-5-11(9-12)10-13-15(18)8-7-14(17)16(13)19/h7-8,11-12,20H,2-6,9-10H2,1H3. The number of hydrogen-bond donors (Lipinski definition) is 1. The first-order valence-electron chi connectivity index (χ1n) is 7.47. The maximum Gasteiger partial charge on any atom is 0.143 e. The van der Waals surface area contributed by atoms with Crippen LogP contribution in [0.4, 0.5) is 8.78 Å². The van der Waals surface area contributed by atoms with Crippen LogP contribution in [0.3, 0.4) is 0 Å². The fourth-order valence-electron chi connectivity index (χ4n) is 3.17. The minimum Gasteiger partial charge on any atom is -0.314 e. The van der Waals surface area contributed by atoms with E-state index < -0.39 is 11.6 Å². The van der Waals surface area contributed by atoms with Crippen molar-refractivity contribution in [2.24, 2.45) is 5.92 Å². The van der Waals surface area contributed by atoms with Crippen molar-refractivity contribution in [1.82, 2.24) is 5.32 Å². The highest BCUT2D eigenvalue weighted by Crippen LogP contribution is 2.30. The average Bonchev–Trinajstić information content (AvgIpc) is 2.65. The van der Waals surface area contributed by atoms with Gasteiger partial charge in [0.15, 0.2) is 0 Å². The number of halogens is 3. The van der Waals surface area contributed by atoms with Crippen LogP contribution >= 0.6 is 15.9 Å². The van der Waals surface area contributed by atoms with Crippen molar-refractivity contribution in [1.29, 1.82) is 0 Å². The normalized spacial score (nSPS) is 23.6. The summed E-state index contributed by atoms with van der Waals surface area (Å²) in [6.45, 7) is 3.06. The van der Waals surface area contributed by atoms with Gasteiger partial charge in [0.1, 0.15) is 11.6 Å². The van der Waals surface area contributed by atoms with Gasteiger partial charge < -0.3 is 5.32 Å². The van der Waals surface area contributed by atoms with E-state index in [1.54, 1.807) is 0 Å². The van der Waals surface area contributed by atoms with Gasteiger partial charge >= 0.3 is 0 Å². The van der Waals surface area contributed by atoms with Crippen LogP contribution in [-0.4, -0.2) is 12.6 Å². The molecule has 0 amide bonds. The van der Waals surface area contributed by atoms with E-state index in [-0.39, 0.29) is 5.56 Å². The third kappa shape index (κ3) is 4.01. The first-order chi connectivity index (χ1) is 9.61. The van der Waals surface area contributed by atoms with Gasteiger partial charge in [-0.2, -0.15) is 0 Å². The molecule has 0 aliphatic heterocycles. The fraction of sp³-hybridized carbons (Fsp3) is 0.625. The van der Waals surface area contributed by atoms with Crippen molar-refractivity contribution >= 4 is 15.9 Å². The zero-order valence-corrected chi connectivity index (χ0v) is 13.5. The average molecular weight is 346 g/mol. The SMILES string of the molecule is CCNC1CCCCC(Cc2c(F)ccc(Br)c2F)C1. The molecule has 1 nitrogen and oxygen atoms in total. The zero-order valence-electron chi connectivity index (χ0n) is 11.9. The van der Waals surface area contributed by atoms with E-state index in [2.05, 4.69) is 28.2 Å². The van der Waals surface area contributed by atoms with Crippen LogP contribution in [0.25, 0.3) is 0 Å². The van der Waals surface area contributed by atoms with Gasteiger partial charge in [-0.3, -0.25) is 0 Å². The molecule has 0 radical (unpaired) electrons. The lowest BCUT2D eigenvalue weighted by atomic mass is 9.90. The lowest BCUT2D eigenvalue weighted by Gasteiger charge is -2.21. The summed E-state index contributed by atoms with van der Waals surface area (Å²) in [7, 11) is 0. The molecule has 1 fully saturated rings. The predicted molar refractivity (Wildman–Crippen MR) is 81.8 cm³/mol. The van der Waals surface area contributed by atoms with E-state index in [1.807, 2.05) is 0 Å². The molecule has 4 heteroatoms. The van der Waals surface area contributed by atoms with Gasteiger partial charge in [0.05, 0.1) is 4.47 Å². The third-order valence-corrected chi connectivity index (χ3v) is 4.77. The van der Waals surface area contributed by atoms with E-state index in [1.165, 1.54) is 25.0 Å². The Labute approximate surface area is 128 Å². The molecule has 0 heterocycles. The Morgan fingerprint density at radius 3 is 2.75 bits per heavy atom. The Morgan fingerprint density at radius 2 is 2.00 bits per heavy atom. The third-order valence-electron chi connectivity index (χ3n) is 4.16. The van der Waals surface area contributed by atoms with Gasteiger partial charge in [-0.05, 0) is 59.8 Å². The number of benzene rings is 1. The number of hydrogen-bond acceptors (Lipinski definition) is 1. The van der Waals surface area contributed by atoms with Gasteiger partial charge in [-0.1, -0.05) is 26.2 Å².